The van der Waals surface area contributed by atoms with Gasteiger partial charge in [-0.05, 0) is 30.5 Å². The van der Waals surface area contributed by atoms with Crippen molar-refractivity contribution in [2.45, 2.75) is 25.4 Å². The number of aliphatic carboxylic acids is 1. The summed E-state index contributed by atoms with van der Waals surface area (Å²) in [7, 11) is 0. The highest BCUT2D eigenvalue weighted by Gasteiger charge is 2.50. The van der Waals surface area contributed by atoms with Crippen LogP contribution in [0.1, 0.15) is 30.9 Å². The van der Waals surface area contributed by atoms with Crippen LogP contribution in [0, 0.1) is 5.41 Å². The van der Waals surface area contributed by atoms with E-state index in [0.29, 0.717) is 18.4 Å². The fraction of sp³-hybridized carbons (Fsp3) is 0.417. The Bertz CT molecular complexity index is 392. The zero-order chi connectivity index (χ0) is 11.8. The topological polar surface area (TPSA) is 77.8 Å². The van der Waals surface area contributed by atoms with Crippen LogP contribution in [0.5, 0.6) is 5.75 Å². The molecule has 2 rings (SSSR count). The van der Waals surface area contributed by atoms with Gasteiger partial charge in [0.05, 0.1) is 11.5 Å². The summed E-state index contributed by atoms with van der Waals surface area (Å²) in [6.45, 7) is 0. The van der Waals surface area contributed by atoms with E-state index in [0.717, 1.165) is 6.42 Å². The van der Waals surface area contributed by atoms with Crippen LogP contribution < -0.4 is 0 Å². The number of hydrogen-bond acceptors (Lipinski definition) is 3. The van der Waals surface area contributed by atoms with Gasteiger partial charge in [0.25, 0.3) is 0 Å². The highest BCUT2D eigenvalue weighted by Crippen LogP contribution is 2.50. The van der Waals surface area contributed by atoms with E-state index < -0.39 is 17.5 Å². The van der Waals surface area contributed by atoms with Gasteiger partial charge in [0.15, 0.2) is 0 Å². The van der Waals surface area contributed by atoms with Gasteiger partial charge in [-0.3, -0.25) is 4.79 Å². The number of aliphatic hydroxyl groups is 1. The molecule has 1 unspecified atom stereocenters. The minimum absolute atomic E-state index is 0.105. The third-order valence-electron chi connectivity index (χ3n) is 3.40. The van der Waals surface area contributed by atoms with Gasteiger partial charge >= 0.3 is 5.97 Å². The molecule has 0 spiro atoms. The van der Waals surface area contributed by atoms with E-state index in [1.165, 1.54) is 12.1 Å². The quantitative estimate of drug-likeness (QED) is 0.727. The van der Waals surface area contributed by atoms with Crippen molar-refractivity contribution in [1.82, 2.24) is 0 Å². The summed E-state index contributed by atoms with van der Waals surface area (Å²) >= 11 is 0. The van der Waals surface area contributed by atoms with E-state index >= 15 is 0 Å². The molecule has 3 N–H and O–H groups in total. The molecule has 1 fully saturated rings. The molecule has 0 aliphatic heterocycles. The predicted molar refractivity (Wildman–Crippen MR) is 57.0 cm³/mol. The monoisotopic (exact) mass is 222 g/mol. The van der Waals surface area contributed by atoms with E-state index in [9.17, 15) is 9.90 Å². The Morgan fingerprint density at radius 1 is 1.25 bits per heavy atom. The van der Waals surface area contributed by atoms with Gasteiger partial charge in [-0.25, -0.2) is 0 Å². The second kappa shape index (κ2) is 3.79. The average Bonchev–Trinajstić information content (AvgIpc) is 2.16. The lowest BCUT2D eigenvalue weighted by Gasteiger charge is -2.41. The summed E-state index contributed by atoms with van der Waals surface area (Å²) < 4.78 is 0. The molecular weight excluding hydrogens is 208 g/mol. The van der Waals surface area contributed by atoms with Gasteiger partial charge in [0.1, 0.15) is 5.75 Å². The number of phenolic OH excluding ortho intramolecular Hbond substituents is 1. The number of carboxylic acids is 1. The van der Waals surface area contributed by atoms with Crippen LogP contribution in [-0.2, 0) is 4.79 Å². The molecule has 0 radical (unpaired) electrons. The standard InChI is InChI=1S/C12H14O4/c13-9-4-2-8(3-5-9)10(14)12(11(15)16)6-1-7-12/h2-5,10,13-14H,1,6-7H2,(H,15,16). The molecule has 0 amide bonds. The summed E-state index contributed by atoms with van der Waals surface area (Å²) in [5.41, 5.74) is -0.489. The first-order valence-corrected chi connectivity index (χ1v) is 5.27. The molecule has 1 aromatic rings. The zero-order valence-corrected chi connectivity index (χ0v) is 8.76. The van der Waals surface area contributed by atoms with Crippen LogP contribution in [0.2, 0.25) is 0 Å². The molecule has 16 heavy (non-hydrogen) atoms. The SMILES string of the molecule is O=C(O)C1(C(O)c2ccc(O)cc2)CCC1. The molecule has 86 valence electrons. The van der Waals surface area contributed by atoms with Crippen molar-refractivity contribution in [2.75, 3.05) is 0 Å². The molecule has 0 aromatic heterocycles. The molecule has 0 heterocycles. The highest BCUT2D eigenvalue weighted by molar-refractivity contribution is 5.77. The molecule has 1 aromatic carbocycles. The normalized spacial score (nSPS) is 19.8. The number of carbonyl (C=O) groups is 1. The van der Waals surface area contributed by atoms with Crippen molar-refractivity contribution in [2.24, 2.45) is 5.41 Å². The average molecular weight is 222 g/mol. The summed E-state index contributed by atoms with van der Waals surface area (Å²) in [6.07, 6.45) is 0.843. The van der Waals surface area contributed by atoms with Crippen LogP contribution in [-0.4, -0.2) is 21.3 Å². The third kappa shape index (κ3) is 1.55. The molecule has 0 bridgehead atoms. The van der Waals surface area contributed by atoms with Crippen LogP contribution >= 0.6 is 0 Å². The lowest BCUT2D eigenvalue weighted by Crippen LogP contribution is -2.43. The molecule has 1 atom stereocenters. The fourth-order valence-electron chi connectivity index (χ4n) is 2.14. The van der Waals surface area contributed by atoms with E-state index in [1.807, 2.05) is 0 Å². The van der Waals surface area contributed by atoms with Gasteiger partial charge < -0.3 is 15.3 Å². The lowest BCUT2D eigenvalue weighted by atomic mass is 9.63. The summed E-state index contributed by atoms with van der Waals surface area (Å²) in [5, 5.41) is 28.4. The lowest BCUT2D eigenvalue weighted by molar-refractivity contribution is -0.166. The van der Waals surface area contributed by atoms with Gasteiger partial charge in [-0.2, -0.15) is 0 Å². The maximum Gasteiger partial charge on any atom is 0.312 e. The van der Waals surface area contributed by atoms with Crippen molar-refractivity contribution in [1.29, 1.82) is 0 Å². The number of phenols is 1. The minimum Gasteiger partial charge on any atom is -0.508 e. The van der Waals surface area contributed by atoms with Crippen molar-refractivity contribution in [3.8, 4) is 5.75 Å². The van der Waals surface area contributed by atoms with Crippen LogP contribution in [0.15, 0.2) is 24.3 Å². The maximum absolute atomic E-state index is 11.2. The first kappa shape index (κ1) is 11.0. The number of rotatable bonds is 3. The minimum atomic E-state index is -1.03. The Balaban J connectivity index is 2.27. The number of aliphatic hydroxyl groups excluding tert-OH is 1. The van der Waals surface area contributed by atoms with E-state index in [-0.39, 0.29) is 5.75 Å². The summed E-state index contributed by atoms with van der Waals surface area (Å²) in [5.74, 6) is -0.840. The van der Waals surface area contributed by atoms with Crippen molar-refractivity contribution < 1.29 is 20.1 Å². The Kier molecular flexibility index (Phi) is 2.59. The Morgan fingerprint density at radius 3 is 2.19 bits per heavy atom. The van der Waals surface area contributed by atoms with Crippen LogP contribution in [0.3, 0.4) is 0 Å². The predicted octanol–water partition coefficient (Wildman–Crippen LogP) is 1.68. The van der Waals surface area contributed by atoms with E-state index in [4.69, 9.17) is 10.2 Å². The Morgan fingerprint density at radius 2 is 1.81 bits per heavy atom. The number of aromatic hydroxyl groups is 1. The van der Waals surface area contributed by atoms with Gasteiger partial charge in [0, 0.05) is 0 Å². The number of benzene rings is 1. The second-order valence-corrected chi connectivity index (χ2v) is 4.31. The molecule has 1 saturated carbocycles. The Hall–Kier alpha value is -1.55. The highest BCUT2D eigenvalue weighted by atomic mass is 16.4. The summed E-state index contributed by atoms with van der Waals surface area (Å²) in [6, 6.07) is 6.02. The molecule has 4 heteroatoms. The molecule has 1 aliphatic carbocycles. The molecule has 0 saturated heterocycles. The van der Waals surface area contributed by atoms with Crippen molar-refractivity contribution in [3.63, 3.8) is 0 Å². The first-order chi connectivity index (χ1) is 7.56. The molecular formula is C12H14O4. The Labute approximate surface area is 93.2 Å². The van der Waals surface area contributed by atoms with Crippen molar-refractivity contribution >= 4 is 5.97 Å². The van der Waals surface area contributed by atoms with Gasteiger partial charge in [-0.1, -0.05) is 18.6 Å². The fourth-order valence-corrected chi connectivity index (χ4v) is 2.14. The van der Waals surface area contributed by atoms with Crippen LogP contribution in [0.25, 0.3) is 0 Å². The maximum atomic E-state index is 11.2. The van der Waals surface area contributed by atoms with Gasteiger partial charge in [0.2, 0.25) is 0 Å². The van der Waals surface area contributed by atoms with Gasteiger partial charge in [-0.15, -0.1) is 0 Å². The second-order valence-electron chi connectivity index (χ2n) is 4.31. The van der Waals surface area contributed by atoms with E-state index in [2.05, 4.69) is 0 Å². The molecule has 4 nitrogen and oxygen atoms in total. The molecule has 1 aliphatic rings. The third-order valence-corrected chi connectivity index (χ3v) is 3.40. The number of hydrogen-bond donors (Lipinski definition) is 3. The zero-order valence-electron chi connectivity index (χ0n) is 8.76. The van der Waals surface area contributed by atoms with Crippen molar-refractivity contribution in [3.05, 3.63) is 29.8 Å². The number of carboxylic acid groups (broad SMARTS) is 1. The smallest absolute Gasteiger partial charge is 0.312 e. The summed E-state index contributed by atoms with van der Waals surface area (Å²) in [4.78, 5) is 11.2. The largest absolute Gasteiger partial charge is 0.508 e. The van der Waals surface area contributed by atoms with E-state index in [1.54, 1.807) is 12.1 Å². The van der Waals surface area contributed by atoms with Crippen LogP contribution in [0.4, 0.5) is 0 Å². The first-order valence-electron chi connectivity index (χ1n) is 5.27.